The minimum Gasteiger partial charge on any atom is -1.00 e. The van der Waals surface area contributed by atoms with Crippen LogP contribution in [0.1, 0.15) is 51.2 Å². The summed E-state index contributed by atoms with van der Waals surface area (Å²) >= 11 is -0.546. The van der Waals surface area contributed by atoms with Crippen LogP contribution < -0.4 is 24.8 Å². The van der Waals surface area contributed by atoms with Crippen LogP contribution in [0.4, 0.5) is 0 Å². The van der Waals surface area contributed by atoms with E-state index in [0.29, 0.717) is 15.5 Å². The van der Waals surface area contributed by atoms with Gasteiger partial charge in [0, 0.05) is 0 Å². The number of allylic oxidation sites excluding steroid dienone is 1. The fraction of sp³-hybridized carbons (Fsp3) is 0.189. The molecule has 2 aliphatic carbocycles. The molecule has 2 atom stereocenters. The number of rotatable bonds is 5. The molecule has 0 aromatic heterocycles. The molecular formula is C37H34Cl2SiZr. The zero-order valence-corrected chi connectivity index (χ0v) is 29.1. The summed E-state index contributed by atoms with van der Waals surface area (Å²) in [6.45, 7) is 9.92. The molecule has 0 aliphatic heterocycles. The second kappa shape index (κ2) is 12.2. The van der Waals surface area contributed by atoms with Gasteiger partial charge in [0.25, 0.3) is 0 Å². The first-order valence-corrected chi connectivity index (χ1v) is 22.9. The van der Waals surface area contributed by atoms with Crippen LogP contribution in [0.3, 0.4) is 0 Å². The summed E-state index contributed by atoms with van der Waals surface area (Å²) in [5, 5.41) is 2.61. The molecule has 0 saturated carbocycles. The Morgan fingerprint density at radius 2 is 1.27 bits per heavy atom. The van der Waals surface area contributed by atoms with E-state index in [1.165, 1.54) is 44.2 Å². The molecule has 0 amide bonds. The number of fused-ring (bicyclic) bond motifs is 5. The monoisotopic (exact) mass is 666 g/mol. The van der Waals surface area contributed by atoms with Crippen LogP contribution in [0.2, 0.25) is 13.1 Å². The van der Waals surface area contributed by atoms with Crippen molar-refractivity contribution in [2.75, 3.05) is 0 Å². The van der Waals surface area contributed by atoms with Crippen LogP contribution in [0.15, 0.2) is 109 Å². The maximum atomic E-state index is 2.58. The Bertz CT molecular complexity index is 1770. The van der Waals surface area contributed by atoms with Crippen LogP contribution in [-0.4, -0.2) is 5.92 Å². The molecule has 7 rings (SSSR count). The average Bonchev–Trinajstić information content (AvgIpc) is 3.49. The SMILES string of the molecule is CC(C)C1=Cc2c(-c3ccc4ccccc4c3)cccc2C1c1cccc2c1[CH]([Zr+2][SiH](C)C)c1ccccc1-2.[Cl-].[Cl-]. The molecule has 0 spiro atoms. The van der Waals surface area contributed by atoms with Crippen molar-refractivity contribution < 1.29 is 47.2 Å². The number of hydrogen-bond donors (Lipinski definition) is 0. The van der Waals surface area contributed by atoms with E-state index in [1.807, 2.05) is 0 Å². The standard InChI is InChI=1S/C35H27.C2H7Si.2ClH.Zr/c1-22(2)32-21-34-28(26-18-17-23-9-3-4-10-24(23)19-26)13-7-15-31(34)35(32)30-16-8-14-29-27-12-6-5-11-25(27)20-33(29)30;1-3-2;;;/h3-22,35H,1-2H3;3H,1-2H3;2*1H;/q;;;;+2/p-2. The summed E-state index contributed by atoms with van der Waals surface area (Å²) in [6.07, 6.45) is 2.54. The first-order valence-electron chi connectivity index (χ1n) is 14.3. The summed E-state index contributed by atoms with van der Waals surface area (Å²) in [7, 11) is 0. The Balaban J connectivity index is 0.00000169. The van der Waals surface area contributed by atoms with Gasteiger partial charge in [-0.25, -0.2) is 0 Å². The van der Waals surface area contributed by atoms with Crippen molar-refractivity contribution >= 4 is 22.8 Å². The Kier molecular flexibility index (Phi) is 8.98. The third-order valence-electron chi connectivity index (χ3n) is 8.62. The van der Waals surface area contributed by atoms with Crippen LogP contribution in [0.5, 0.6) is 0 Å². The molecule has 0 N–H and O–H groups in total. The molecule has 2 unspecified atom stereocenters. The van der Waals surface area contributed by atoms with Gasteiger partial charge >= 0.3 is 240 Å². The second-order valence-corrected chi connectivity index (χ2v) is 26.8. The Morgan fingerprint density at radius 1 is 0.634 bits per heavy atom. The molecule has 5 aromatic carbocycles. The number of halogens is 2. The van der Waals surface area contributed by atoms with Crippen molar-refractivity contribution in [3.05, 3.63) is 137 Å². The van der Waals surface area contributed by atoms with Gasteiger partial charge < -0.3 is 24.8 Å². The normalized spacial score (nSPS) is 16.4. The fourth-order valence-corrected chi connectivity index (χ4v) is 16.8. The van der Waals surface area contributed by atoms with E-state index in [1.54, 1.807) is 22.3 Å². The maximum absolute atomic E-state index is 2.58. The van der Waals surface area contributed by atoms with Crippen molar-refractivity contribution in [3.8, 4) is 22.3 Å². The van der Waals surface area contributed by atoms with Crippen LogP contribution >= 0.6 is 0 Å². The van der Waals surface area contributed by atoms with Crippen molar-refractivity contribution in [2.24, 2.45) is 5.92 Å². The molecule has 4 heteroatoms. The second-order valence-electron chi connectivity index (χ2n) is 11.8. The van der Waals surface area contributed by atoms with Crippen LogP contribution in [0.25, 0.3) is 39.1 Å². The van der Waals surface area contributed by atoms with Crippen LogP contribution in [-0.2, 0) is 22.4 Å². The molecular weight excluding hydrogens is 635 g/mol. The fourth-order valence-electron chi connectivity index (χ4n) is 6.93. The van der Waals surface area contributed by atoms with Gasteiger partial charge in [0.15, 0.2) is 0 Å². The quantitative estimate of drug-likeness (QED) is 0.250. The first kappa shape index (κ1) is 30.2. The number of benzene rings is 5. The molecule has 0 radical (unpaired) electrons. The van der Waals surface area contributed by atoms with Crippen molar-refractivity contribution in [3.63, 3.8) is 0 Å². The van der Waals surface area contributed by atoms with Gasteiger partial charge in [0.1, 0.15) is 0 Å². The third kappa shape index (κ3) is 5.16. The smallest absolute Gasteiger partial charge is 1.00 e. The zero-order chi connectivity index (χ0) is 26.7. The van der Waals surface area contributed by atoms with Gasteiger partial charge in [-0.3, -0.25) is 0 Å². The van der Waals surface area contributed by atoms with Gasteiger partial charge in [-0.1, -0.05) is 6.07 Å². The molecule has 0 fully saturated rings. The summed E-state index contributed by atoms with van der Waals surface area (Å²) in [5.74, 6) is 0.211. The molecule has 0 heterocycles. The minimum atomic E-state index is -0.613. The molecule has 2 aliphatic rings. The predicted molar refractivity (Wildman–Crippen MR) is 167 cm³/mol. The maximum Gasteiger partial charge on any atom is -1.00 e. The zero-order valence-electron chi connectivity index (χ0n) is 24.0. The third-order valence-corrected chi connectivity index (χ3v) is 18.5. The van der Waals surface area contributed by atoms with Crippen LogP contribution in [0, 0.1) is 5.92 Å². The van der Waals surface area contributed by atoms with E-state index in [9.17, 15) is 0 Å². The molecule has 0 bridgehead atoms. The number of hydrogen-bond acceptors (Lipinski definition) is 0. The minimum absolute atomic E-state index is 0. The average molecular weight is 669 g/mol. The molecule has 41 heavy (non-hydrogen) atoms. The first-order chi connectivity index (χ1) is 19.0. The topological polar surface area (TPSA) is 0 Å². The summed E-state index contributed by atoms with van der Waals surface area (Å²) < 4.78 is 0.684. The van der Waals surface area contributed by atoms with E-state index >= 15 is 0 Å². The van der Waals surface area contributed by atoms with Gasteiger partial charge in [-0.2, -0.15) is 0 Å². The van der Waals surface area contributed by atoms with E-state index in [0.717, 1.165) is 0 Å². The Labute approximate surface area is 269 Å². The molecule has 0 saturated heterocycles. The van der Waals surface area contributed by atoms with E-state index < -0.39 is 28.3 Å². The van der Waals surface area contributed by atoms with Gasteiger partial charge in [-0.05, 0) is 0 Å². The van der Waals surface area contributed by atoms with Crippen molar-refractivity contribution in [1.82, 2.24) is 0 Å². The summed E-state index contributed by atoms with van der Waals surface area (Å²) in [5.41, 5.74) is 15.0. The molecule has 204 valence electrons. The largest absolute Gasteiger partial charge is 1.00 e. The van der Waals surface area contributed by atoms with Gasteiger partial charge in [0.05, 0.1) is 0 Å². The molecule has 0 nitrogen and oxygen atoms in total. The Morgan fingerprint density at radius 3 is 2.02 bits per heavy atom. The predicted octanol–water partition coefficient (Wildman–Crippen LogP) is 3.84. The summed E-state index contributed by atoms with van der Waals surface area (Å²) in [4.78, 5) is 0. The van der Waals surface area contributed by atoms with Gasteiger partial charge in [-0.15, -0.1) is 0 Å². The Hall–Kier alpha value is -2.22. The van der Waals surface area contributed by atoms with Crippen molar-refractivity contribution in [1.29, 1.82) is 0 Å². The van der Waals surface area contributed by atoms with Gasteiger partial charge in [0.2, 0.25) is 0 Å². The van der Waals surface area contributed by atoms with Crippen molar-refractivity contribution in [2.45, 2.75) is 36.5 Å². The van der Waals surface area contributed by atoms with E-state index in [2.05, 4.69) is 136 Å². The van der Waals surface area contributed by atoms with E-state index in [-0.39, 0.29) is 24.8 Å². The van der Waals surface area contributed by atoms with E-state index in [4.69, 9.17) is 0 Å². The molecule has 5 aromatic rings. The summed E-state index contributed by atoms with van der Waals surface area (Å²) in [6, 6.07) is 39.2.